The summed E-state index contributed by atoms with van der Waals surface area (Å²) >= 11 is 5.88. The van der Waals surface area contributed by atoms with Crippen LogP contribution in [0.5, 0.6) is 0 Å². The maximum Gasteiger partial charge on any atom is 0.295 e. The second kappa shape index (κ2) is 8.42. The van der Waals surface area contributed by atoms with Gasteiger partial charge in [0.05, 0.1) is 23.1 Å². The van der Waals surface area contributed by atoms with Crippen LogP contribution in [0, 0.1) is 10.1 Å². The average Bonchev–Trinajstić information content (AvgIpc) is 2.97. The number of nitrogens with zero attached hydrogens (tertiary/aromatic N) is 2. The van der Waals surface area contributed by atoms with Crippen LogP contribution >= 0.6 is 11.6 Å². The number of carbonyl (C=O) groups is 2. The number of benzene rings is 2. The van der Waals surface area contributed by atoms with Crippen LogP contribution in [0.15, 0.2) is 54.1 Å². The van der Waals surface area contributed by atoms with Crippen LogP contribution in [-0.2, 0) is 14.3 Å². The number of rotatable bonds is 6. The van der Waals surface area contributed by atoms with Gasteiger partial charge in [0.15, 0.2) is 0 Å². The molecule has 8 nitrogen and oxygen atoms in total. The fraction of sp³-hybridized carbons (Fsp3) is 0.200. The molecule has 2 aromatic carbocycles. The molecule has 1 aliphatic heterocycles. The van der Waals surface area contributed by atoms with Gasteiger partial charge in [-0.05, 0) is 29.8 Å². The van der Waals surface area contributed by atoms with E-state index >= 15 is 0 Å². The highest BCUT2D eigenvalue weighted by Crippen LogP contribution is 2.40. The molecule has 29 heavy (non-hydrogen) atoms. The summed E-state index contributed by atoms with van der Waals surface area (Å²) in [5.41, 5.74) is 0.305. The van der Waals surface area contributed by atoms with Crippen LogP contribution in [0.1, 0.15) is 17.2 Å². The molecule has 0 radical (unpaired) electrons. The lowest BCUT2D eigenvalue weighted by Gasteiger charge is -2.24. The predicted octanol–water partition coefficient (Wildman–Crippen LogP) is 3.32. The number of nitro groups is 1. The summed E-state index contributed by atoms with van der Waals surface area (Å²) in [6.45, 7) is 0.227. The maximum atomic E-state index is 12.8. The molecule has 1 aliphatic rings. The molecule has 0 aliphatic carbocycles. The first-order chi connectivity index (χ1) is 13.8. The van der Waals surface area contributed by atoms with E-state index in [0.29, 0.717) is 16.1 Å². The number of aliphatic hydroxyl groups is 1. The summed E-state index contributed by atoms with van der Waals surface area (Å²) in [4.78, 5) is 37.2. The monoisotopic (exact) mass is 416 g/mol. The van der Waals surface area contributed by atoms with Gasteiger partial charge < -0.3 is 14.7 Å². The standard InChI is InChI=1S/C20H17ClN2O6/c1-29-10-9-22-17(13-3-2-4-15(11-13)23(27)28)16(19(25)20(22)26)18(24)12-5-7-14(21)8-6-12/h2-8,11,17,24H,9-10H2,1H3/b18-16+/t17-/m1/s1. The number of hydrogen-bond acceptors (Lipinski definition) is 6. The van der Waals surface area contributed by atoms with Gasteiger partial charge in [0.2, 0.25) is 0 Å². The van der Waals surface area contributed by atoms with Crippen LogP contribution in [0.2, 0.25) is 5.02 Å². The molecule has 1 atom stereocenters. The van der Waals surface area contributed by atoms with Gasteiger partial charge in [-0.15, -0.1) is 0 Å². The zero-order chi connectivity index (χ0) is 21.1. The van der Waals surface area contributed by atoms with Crippen molar-refractivity contribution in [3.63, 3.8) is 0 Å². The molecule has 0 spiro atoms. The summed E-state index contributed by atoms with van der Waals surface area (Å²) in [5, 5.41) is 22.4. The zero-order valence-electron chi connectivity index (χ0n) is 15.4. The summed E-state index contributed by atoms with van der Waals surface area (Å²) < 4.78 is 5.02. The molecule has 9 heteroatoms. The number of nitro benzene ring substituents is 1. The number of methoxy groups -OCH3 is 1. The smallest absolute Gasteiger partial charge is 0.295 e. The maximum absolute atomic E-state index is 12.8. The summed E-state index contributed by atoms with van der Waals surface area (Å²) in [5.74, 6) is -2.06. The van der Waals surface area contributed by atoms with Crippen molar-refractivity contribution in [3.05, 3.63) is 80.4 Å². The van der Waals surface area contributed by atoms with Crippen LogP contribution in [-0.4, -0.2) is 46.9 Å². The Kier molecular flexibility index (Phi) is 5.95. The van der Waals surface area contributed by atoms with E-state index in [1.807, 2.05) is 0 Å². The first kappa shape index (κ1) is 20.5. The Labute approximate surface area is 171 Å². The Morgan fingerprint density at radius 3 is 2.55 bits per heavy atom. The van der Waals surface area contributed by atoms with Crippen LogP contribution in [0.25, 0.3) is 5.76 Å². The third-order valence-corrected chi connectivity index (χ3v) is 4.84. The van der Waals surface area contributed by atoms with Gasteiger partial charge in [-0.2, -0.15) is 0 Å². The molecule has 1 heterocycles. The van der Waals surface area contributed by atoms with Gasteiger partial charge in [0.1, 0.15) is 5.76 Å². The molecule has 0 aromatic heterocycles. The third kappa shape index (κ3) is 3.98. The topological polar surface area (TPSA) is 110 Å². The number of non-ortho nitro benzene ring substituents is 1. The van der Waals surface area contributed by atoms with Crippen LogP contribution in [0.3, 0.4) is 0 Å². The first-order valence-electron chi connectivity index (χ1n) is 8.62. The van der Waals surface area contributed by atoms with Crippen molar-refractivity contribution in [2.75, 3.05) is 20.3 Å². The molecule has 0 bridgehead atoms. The van der Waals surface area contributed by atoms with E-state index in [1.165, 1.54) is 42.3 Å². The molecule has 150 valence electrons. The number of carbonyl (C=O) groups excluding carboxylic acids is 2. The molecule has 0 saturated carbocycles. The highest BCUT2D eigenvalue weighted by atomic mass is 35.5. The highest BCUT2D eigenvalue weighted by Gasteiger charge is 2.46. The van der Waals surface area contributed by atoms with E-state index in [2.05, 4.69) is 0 Å². The predicted molar refractivity (Wildman–Crippen MR) is 105 cm³/mol. The molecular weight excluding hydrogens is 400 g/mol. The van der Waals surface area contributed by atoms with Crippen molar-refractivity contribution in [2.45, 2.75) is 6.04 Å². The Morgan fingerprint density at radius 1 is 1.24 bits per heavy atom. The number of halogens is 1. The Morgan fingerprint density at radius 2 is 1.93 bits per heavy atom. The Bertz CT molecular complexity index is 1000. The van der Waals surface area contributed by atoms with Crippen molar-refractivity contribution in [2.24, 2.45) is 0 Å². The van der Waals surface area contributed by atoms with E-state index in [9.17, 15) is 24.8 Å². The molecule has 1 fully saturated rings. The minimum Gasteiger partial charge on any atom is -0.507 e. The third-order valence-electron chi connectivity index (χ3n) is 4.59. The van der Waals surface area contributed by atoms with Crippen molar-refractivity contribution in [3.8, 4) is 0 Å². The minimum absolute atomic E-state index is 0.0752. The van der Waals surface area contributed by atoms with Gasteiger partial charge in [-0.1, -0.05) is 23.7 Å². The first-order valence-corrected chi connectivity index (χ1v) is 9.00. The number of hydrogen-bond donors (Lipinski definition) is 1. The second-order valence-electron chi connectivity index (χ2n) is 6.34. The molecule has 2 aromatic rings. The largest absolute Gasteiger partial charge is 0.507 e. The highest BCUT2D eigenvalue weighted by molar-refractivity contribution is 6.46. The molecule has 1 N–H and O–H groups in total. The Balaban J connectivity index is 2.18. The zero-order valence-corrected chi connectivity index (χ0v) is 16.1. The second-order valence-corrected chi connectivity index (χ2v) is 6.78. The number of aliphatic hydroxyl groups excluding tert-OH is 1. The van der Waals surface area contributed by atoms with Crippen molar-refractivity contribution < 1.29 is 24.4 Å². The molecule has 3 rings (SSSR count). The quantitative estimate of drug-likeness (QED) is 0.254. The average molecular weight is 417 g/mol. The van der Waals surface area contributed by atoms with Crippen molar-refractivity contribution in [1.82, 2.24) is 4.90 Å². The Hall–Kier alpha value is -3.23. The van der Waals surface area contributed by atoms with Gasteiger partial charge in [0, 0.05) is 36.4 Å². The lowest BCUT2D eigenvalue weighted by Crippen LogP contribution is -2.32. The number of Topliss-reactive ketones (excluding diaryl/α,β-unsaturated/α-hetero) is 1. The van der Waals surface area contributed by atoms with Gasteiger partial charge in [-0.3, -0.25) is 19.7 Å². The van der Waals surface area contributed by atoms with Gasteiger partial charge >= 0.3 is 0 Å². The van der Waals surface area contributed by atoms with Crippen LogP contribution in [0.4, 0.5) is 5.69 Å². The SMILES string of the molecule is COCCN1C(=O)C(=O)/C(=C(/O)c2ccc(Cl)cc2)[C@H]1c1cccc([N+](=O)[O-])c1. The molecular formula is C20H17ClN2O6. The fourth-order valence-corrected chi connectivity index (χ4v) is 3.34. The van der Waals surface area contributed by atoms with E-state index in [0.717, 1.165) is 0 Å². The molecule has 1 saturated heterocycles. The number of likely N-dealkylation sites (tertiary alicyclic amines) is 1. The minimum atomic E-state index is -0.985. The number of amides is 1. The van der Waals surface area contributed by atoms with Gasteiger partial charge in [0.25, 0.3) is 17.4 Å². The van der Waals surface area contributed by atoms with E-state index < -0.39 is 22.7 Å². The molecule has 1 amide bonds. The summed E-state index contributed by atoms with van der Waals surface area (Å²) in [6.07, 6.45) is 0. The summed E-state index contributed by atoms with van der Waals surface area (Å²) in [6, 6.07) is 10.8. The normalized spacial score (nSPS) is 18.3. The van der Waals surface area contributed by atoms with E-state index in [-0.39, 0.29) is 30.2 Å². The lowest BCUT2D eigenvalue weighted by atomic mass is 9.95. The van der Waals surface area contributed by atoms with E-state index in [1.54, 1.807) is 18.2 Å². The van der Waals surface area contributed by atoms with Gasteiger partial charge in [-0.25, -0.2) is 0 Å². The number of ether oxygens (including phenoxy) is 1. The van der Waals surface area contributed by atoms with Crippen molar-refractivity contribution >= 4 is 34.7 Å². The van der Waals surface area contributed by atoms with E-state index in [4.69, 9.17) is 16.3 Å². The fourth-order valence-electron chi connectivity index (χ4n) is 3.22. The lowest BCUT2D eigenvalue weighted by molar-refractivity contribution is -0.384. The summed E-state index contributed by atoms with van der Waals surface area (Å²) in [7, 11) is 1.45. The van der Waals surface area contributed by atoms with Crippen LogP contribution < -0.4 is 0 Å². The van der Waals surface area contributed by atoms with Crippen molar-refractivity contribution in [1.29, 1.82) is 0 Å². The molecule has 0 unspecified atom stereocenters. The number of ketones is 1.